The molecular weight excluding hydrogens is 470 g/mol. The van der Waals surface area contributed by atoms with Gasteiger partial charge >= 0.3 is 12.1 Å². The number of rotatable bonds is 6. The predicted molar refractivity (Wildman–Crippen MR) is 141 cm³/mol. The molecule has 2 aliphatic rings. The van der Waals surface area contributed by atoms with Crippen LogP contribution in [-0.4, -0.2) is 53.1 Å². The van der Waals surface area contributed by atoms with E-state index in [4.69, 9.17) is 14.5 Å². The third kappa shape index (κ3) is 4.70. The molecule has 8 heteroatoms. The van der Waals surface area contributed by atoms with Crippen molar-refractivity contribution in [3.63, 3.8) is 0 Å². The topological polar surface area (TPSA) is 93.9 Å². The second kappa shape index (κ2) is 10.5. The molecule has 1 amide bonds. The molecule has 196 valence electrons. The van der Waals surface area contributed by atoms with Gasteiger partial charge in [0.05, 0.1) is 35.9 Å². The first-order valence-corrected chi connectivity index (χ1v) is 13.1. The average Bonchev–Trinajstić information content (AvgIpc) is 3.30. The molecule has 3 aromatic rings. The Labute approximate surface area is 217 Å². The number of benzene rings is 2. The number of carbonyl (C=O) groups is 2. The summed E-state index contributed by atoms with van der Waals surface area (Å²) < 4.78 is 13.1. The molecule has 0 saturated heterocycles. The monoisotopic (exact) mass is 505 g/mol. The summed E-state index contributed by atoms with van der Waals surface area (Å²) in [5.74, 6) is -0.804. The van der Waals surface area contributed by atoms with Gasteiger partial charge in [-0.25, -0.2) is 9.78 Å². The van der Waals surface area contributed by atoms with Crippen LogP contribution in [0, 0.1) is 0 Å². The van der Waals surface area contributed by atoms with E-state index in [9.17, 15) is 14.7 Å². The van der Waals surface area contributed by atoms with Crippen LogP contribution >= 0.6 is 0 Å². The largest absolute Gasteiger partial charge is 0.481 e. The molecule has 0 bridgehead atoms. The van der Waals surface area contributed by atoms with Gasteiger partial charge in [-0.05, 0) is 63.1 Å². The van der Waals surface area contributed by atoms with Gasteiger partial charge in [0.25, 0.3) is 0 Å². The number of aryl methyl sites for hydroxylation is 1. The van der Waals surface area contributed by atoms with E-state index in [0.29, 0.717) is 0 Å². The Morgan fingerprint density at radius 3 is 2.59 bits per heavy atom. The maximum Gasteiger partial charge on any atom is 0.414 e. The Hall–Kier alpha value is -3.39. The molecular formula is C29H35N3O5. The van der Waals surface area contributed by atoms with Gasteiger partial charge in [-0.3, -0.25) is 9.69 Å². The van der Waals surface area contributed by atoms with Crippen molar-refractivity contribution in [2.45, 2.75) is 76.0 Å². The van der Waals surface area contributed by atoms with Crippen LogP contribution in [-0.2, 0) is 27.1 Å². The van der Waals surface area contributed by atoms with Crippen molar-refractivity contribution >= 4 is 28.8 Å². The molecule has 1 saturated carbocycles. The first kappa shape index (κ1) is 25.3. The molecule has 5 rings (SSSR count). The molecule has 2 heterocycles. The Kier molecular flexibility index (Phi) is 7.20. The van der Waals surface area contributed by atoms with Crippen molar-refractivity contribution in [3.05, 3.63) is 59.4 Å². The van der Waals surface area contributed by atoms with Gasteiger partial charge in [0.1, 0.15) is 5.82 Å². The zero-order valence-corrected chi connectivity index (χ0v) is 21.7. The fraction of sp³-hybridized carbons (Fsp3) is 0.483. The lowest BCUT2D eigenvalue weighted by Crippen LogP contribution is -2.42. The molecule has 8 nitrogen and oxygen atoms in total. The van der Waals surface area contributed by atoms with Gasteiger partial charge in [-0.15, -0.1) is 0 Å². The predicted octanol–water partition coefficient (Wildman–Crippen LogP) is 5.48. The number of aliphatic carboxylic acids is 1. The minimum absolute atomic E-state index is 0.0224. The van der Waals surface area contributed by atoms with E-state index in [-0.39, 0.29) is 30.7 Å². The van der Waals surface area contributed by atoms with Gasteiger partial charge < -0.3 is 19.1 Å². The van der Waals surface area contributed by atoms with Crippen LogP contribution < -0.4 is 4.90 Å². The number of methoxy groups -OCH3 is 2. The van der Waals surface area contributed by atoms with Crippen LogP contribution in [0.15, 0.2) is 42.5 Å². The molecule has 1 fully saturated rings. The van der Waals surface area contributed by atoms with Crippen LogP contribution in [0.5, 0.6) is 0 Å². The number of nitrogens with zero attached hydrogens (tertiary/aromatic N) is 3. The first-order chi connectivity index (χ1) is 17.9. The Morgan fingerprint density at radius 2 is 1.89 bits per heavy atom. The minimum Gasteiger partial charge on any atom is -0.481 e. The highest BCUT2D eigenvalue weighted by Gasteiger charge is 2.34. The third-order valence-electron chi connectivity index (χ3n) is 8.08. The first-order valence-electron chi connectivity index (χ1n) is 13.1. The molecule has 1 N–H and O–H groups in total. The maximum absolute atomic E-state index is 12.6. The number of aromatic nitrogens is 2. The van der Waals surface area contributed by atoms with Crippen molar-refractivity contribution in [3.8, 4) is 0 Å². The van der Waals surface area contributed by atoms with Crippen LogP contribution in [0.2, 0.25) is 0 Å². The number of fused-ring (bicyclic) bond motifs is 3. The molecule has 1 aliphatic carbocycles. The summed E-state index contributed by atoms with van der Waals surface area (Å²) in [6.07, 6.45) is 5.60. The quantitative estimate of drug-likeness (QED) is 0.476. The van der Waals surface area contributed by atoms with E-state index in [1.807, 2.05) is 49.4 Å². The molecule has 2 unspecified atom stereocenters. The smallest absolute Gasteiger partial charge is 0.414 e. The number of imidazole rings is 1. The number of hydrogen-bond donors (Lipinski definition) is 1. The lowest BCUT2D eigenvalue weighted by molar-refractivity contribution is -0.138. The van der Waals surface area contributed by atoms with Crippen molar-refractivity contribution in [1.82, 2.24) is 9.55 Å². The standard InChI is InChI=1S/C29H35N3O5/c1-18-12-13-22-24(31(18)29(35)37-3)14-15-25-27(22)30-26(32(25)20-10-7-11-21(16-20)36-2)17-23(28(33)34)19-8-5-4-6-9-19/h4-6,8-9,14-15,18,20-21,23H,7,10-13,16-17H2,1-3H3,(H,33,34)/t18?,20-,21-,23?/m0/s1. The number of amides is 1. The maximum atomic E-state index is 12.6. The van der Waals surface area contributed by atoms with Gasteiger partial charge in [0.2, 0.25) is 0 Å². The molecule has 37 heavy (non-hydrogen) atoms. The Bertz CT molecular complexity index is 1290. The van der Waals surface area contributed by atoms with Crippen LogP contribution in [0.4, 0.5) is 10.5 Å². The fourth-order valence-corrected chi connectivity index (χ4v) is 6.16. The minimum atomic E-state index is -0.865. The summed E-state index contributed by atoms with van der Waals surface area (Å²) in [6.45, 7) is 2.03. The summed E-state index contributed by atoms with van der Waals surface area (Å²) in [7, 11) is 3.16. The lowest BCUT2D eigenvalue weighted by atomic mass is 9.91. The van der Waals surface area contributed by atoms with E-state index in [1.165, 1.54) is 7.11 Å². The summed E-state index contributed by atoms with van der Waals surface area (Å²) in [5, 5.41) is 10.2. The van der Waals surface area contributed by atoms with Gasteiger partial charge in [0.15, 0.2) is 0 Å². The highest BCUT2D eigenvalue weighted by atomic mass is 16.5. The highest BCUT2D eigenvalue weighted by molar-refractivity contribution is 5.95. The Morgan fingerprint density at radius 1 is 1.11 bits per heavy atom. The van der Waals surface area contributed by atoms with Crippen LogP contribution in [0.1, 0.15) is 67.9 Å². The zero-order valence-electron chi connectivity index (χ0n) is 21.7. The van der Waals surface area contributed by atoms with Gasteiger partial charge in [0, 0.05) is 31.2 Å². The molecule has 1 aliphatic heterocycles. The number of ether oxygens (including phenoxy) is 2. The molecule has 0 spiro atoms. The van der Waals surface area contributed by atoms with E-state index in [2.05, 4.69) is 4.57 Å². The van der Waals surface area contributed by atoms with Crippen LogP contribution in [0.3, 0.4) is 0 Å². The number of anilines is 1. The second-order valence-corrected chi connectivity index (χ2v) is 10.2. The summed E-state index contributed by atoms with van der Waals surface area (Å²) in [5.41, 5.74) is 4.45. The lowest BCUT2D eigenvalue weighted by Gasteiger charge is -2.34. The van der Waals surface area contributed by atoms with E-state index >= 15 is 0 Å². The summed E-state index contributed by atoms with van der Waals surface area (Å²) in [6, 6.07) is 13.6. The van der Waals surface area contributed by atoms with E-state index in [0.717, 1.165) is 72.2 Å². The number of hydrogen-bond acceptors (Lipinski definition) is 5. The van der Waals surface area contributed by atoms with Gasteiger partial charge in [-0.2, -0.15) is 0 Å². The SMILES string of the molecule is COC(=O)N1c2ccc3c(nc(CC(C(=O)O)c4ccccc4)n3[C@H]3CCC[C@H](OC)C3)c2CCC1C. The highest BCUT2D eigenvalue weighted by Crippen LogP contribution is 2.40. The normalized spacial score (nSPS) is 22.5. The van der Waals surface area contributed by atoms with Crippen molar-refractivity contribution in [2.24, 2.45) is 0 Å². The summed E-state index contributed by atoms with van der Waals surface area (Å²) in [4.78, 5) is 31.9. The van der Waals surface area contributed by atoms with E-state index < -0.39 is 11.9 Å². The van der Waals surface area contributed by atoms with Crippen LogP contribution in [0.25, 0.3) is 11.0 Å². The zero-order chi connectivity index (χ0) is 26.1. The number of carbonyl (C=O) groups excluding carboxylic acids is 1. The average molecular weight is 506 g/mol. The second-order valence-electron chi connectivity index (χ2n) is 10.2. The third-order valence-corrected chi connectivity index (χ3v) is 8.08. The number of carboxylic acid groups (broad SMARTS) is 1. The van der Waals surface area contributed by atoms with Crippen molar-refractivity contribution in [2.75, 3.05) is 19.1 Å². The molecule has 1 aromatic heterocycles. The van der Waals surface area contributed by atoms with Crippen molar-refractivity contribution in [1.29, 1.82) is 0 Å². The van der Waals surface area contributed by atoms with Crippen molar-refractivity contribution < 1.29 is 24.2 Å². The molecule has 4 atom stereocenters. The van der Waals surface area contributed by atoms with Gasteiger partial charge in [-0.1, -0.05) is 30.3 Å². The Balaban J connectivity index is 1.66. The number of carboxylic acids is 1. The molecule has 2 aromatic carbocycles. The summed E-state index contributed by atoms with van der Waals surface area (Å²) >= 11 is 0. The van der Waals surface area contributed by atoms with E-state index in [1.54, 1.807) is 12.0 Å². The molecule has 0 radical (unpaired) electrons. The fourth-order valence-electron chi connectivity index (χ4n) is 6.16.